The van der Waals surface area contributed by atoms with Crippen LogP contribution in [0, 0.1) is 5.92 Å². The first kappa shape index (κ1) is 20.4. The summed E-state index contributed by atoms with van der Waals surface area (Å²) in [5.74, 6) is 2.99. The number of anilines is 2. The molecule has 0 spiro atoms. The molecule has 0 radical (unpaired) electrons. The van der Waals surface area contributed by atoms with Crippen molar-refractivity contribution in [3.63, 3.8) is 0 Å². The molecule has 29 heavy (non-hydrogen) atoms. The van der Waals surface area contributed by atoms with E-state index in [0.717, 1.165) is 76.7 Å². The fraction of sp³-hybridized carbons (Fsp3) is 0.773. The fourth-order valence-corrected chi connectivity index (χ4v) is 4.51. The van der Waals surface area contributed by atoms with Gasteiger partial charge in [0.1, 0.15) is 18.0 Å². The highest BCUT2D eigenvalue weighted by molar-refractivity contribution is 5.76. The zero-order valence-corrected chi connectivity index (χ0v) is 17.9. The van der Waals surface area contributed by atoms with Crippen LogP contribution in [0.25, 0.3) is 0 Å². The molecule has 2 saturated heterocycles. The molecule has 3 aliphatic rings. The van der Waals surface area contributed by atoms with Crippen LogP contribution < -0.4 is 10.2 Å². The highest BCUT2D eigenvalue weighted by Gasteiger charge is 2.25. The SMILES string of the molecule is CCCN1CCN(C(=O)CCC2CCN(c3cc(NC4CC4)ncn3)CC2)CC1. The summed E-state index contributed by atoms with van der Waals surface area (Å²) in [6.07, 6.45) is 9.39. The molecule has 7 nitrogen and oxygen atoms in total. The number of nitrogens with zero attached hydrogens (tertiary/aromatic N) is 5. The largest absolute Gasteiger partial charge is 0.367 e. The summed E-state index contributed by atoms with van der Waals surface area (Å²) < 4.78 is 0. The molecule has 0 bridgehead atoms. The summed E-state index contributed by atoms with van der Waals surface area (Å²) in [7, 11) is 0. The van der Waals surface area contributed by atoms with Crippen LogP contribution in [0.5, 0.6) is 0 Å². The van der Waals surface area contributed by atoms with Gasteiger partial charge in [-0.05, 0) is 51.0 Å². The zero-order valence-electron chi connectivity index (χ0n) is 17.9. The van der Waals surface area contributed by atoms with Gasteiger partial charge in [0.25, 0.3) is 0 Å². The number of piperidine rings is 1. The Morgan fingerprint density at radius 1 is 1.07 bits per heavy atom. The zero-order chi connectivity index (χ0) is 20.1. The molecule has 1 saturated carbocycles. The Labute approximate surface area is 174 Å². The van der Waals surface area contributed by atoms with E-state index in [0.29, 0.717) is 24.3 Å². The van der Waals surface area contributed by atoms with Crippen LogP contribution in [0.2, 0.25) is 0 Å². The lowest BCUT2D eigenvalue weighted by molar-refractivity contribution is -0.133. The Morgan fingerprint density at radius 3 is 2.52 bits per heavy atom. The van der Waals surface area contributed by atoms with Crippen molar-refractivity contribution >= 4 is 17.5 Å². The monoisotopic (exact) mass is 400 g/mol. The maximum Gasteiger partial charge on any atom is 0.222 e. The van der Waals surface area contributed by atoms with Crippen LogP contribution in [-0.2, 0) is 4.79 Å². The summed E-state index contributed by atoms with van der Waals surface area (Å²) >= 11 is 0. The standard InChI is InChI=1S/C22H36N6O/c1-2-9-26-12-14-28(15-13-26)22(29)6-3-18-7-10-27(11-8-18)21-16-20(23-17-24-21)25-19-4-5-19/h16-19H,2-15H2,1H3,(H,23,24,25). The molecule has 160 valence electrons. The third-order valence-corrected chi connectivity index (χ3v) is 6.55. The van der Waals surface area contributed by atoms with Crippen molar-refractivity contribution in [1.29, 1.82) is 0 Å². The Bertz CT molecular complexity index is 663. The second-order valence-electron chi connectivity index (χ2n) is 8.87. The van der Waals surface area contributed by atoms with E-state index in [1.807, 2.05) is 0 Å². The summed E-state index contributed by atoms with van der Waals surface area (Å²) in [5.41, 5.74) is 0. The number of carbonyl (C=O) groups is 1. The van der Waals surface area contributed by atoms with Crippen molar-refractivity contribution in [3.05, 3.63) is 12.4 Å². The smallest absolute Gasteiger partial charge is 0.222 e. The molecule has 1 N–H and O–H groups in total. The third kappa shape index (κ3) is 5.81. The molecule has 3 fully saturated rings. The molecular weight excluding hydrogens is 364 g/mol. The van der Waals surface area contributed by atoms with Crippen LogP contribution >= 0.6 is 0 Å². The van der Waals surface area contributed by atoms with E-state index < -0.39 is 0 Å². The van der Waals surface area contributed by atoms with Crippen LogP contribution in [0.4, 0.5) is 11.6 Å². The van der Waals surface area contributed by atoms with Gasteiger partial charge in [-0.1, -0.05) is 6.92 Å². The van der Waals surface area contributed by atoms with Gasteiger partial charge in [-0.3, -0.25) is 9.69 Å². The summed E-state index contributed by atoms with van der Waals surface area (Å²) in [6.45, 7) is 9.30. The van der Waals surface area contributed by atoms with Gasteiger partial charge < -0.3 is 15.1 Å². The van der Waals surface area contributed by atoms with E-state index >= 15 is 0 Å². The first-order valence-corrected chi connectivity index (χ1v) is 11.5. The van der Waals surface area contributed by atoms with Crippen molar-refractivity contribution in [3.8, 4) is 0 Å². The molecule has 1 aromatic rings. The highest BCUT2D eigenvalue weighted by atomic mass is 16.2. The molecular formula is C22H36N6O. The van der Waals surface area contributed by atoms with Gasteiger partial charge in [-0.2, -0.15) is 0 Å². The minimum absolute atomic E-state index is 0.357. The van der Waals surface area contributed by atoms with Crippen LogP contribution in [0.1, 0.15) is 51.9 Å². The first-order chi connectivity index (χ1) is 14.2. The van der Waals surface area contributed by atoms with Gasteiger partial charge in [0.15, 0.2) is 0 Å². The second kappa shape index (κ2) is 9.74. The number of hydrogen-bond donors (Lipinski definition) is 1. The van der Waals surface area contributed by atoms with E-state index in [9.17, 15) is 4.79 Å². The number of nitrogens with one attached hydrogen (secondary N) is 1. The second-order valence-corrected chi connectivity index (χ2v) is 8.87. The van der Waals surface area contributed by atoms with Crippen molar-refractivity contribution in [1.82, 2.24) is 19.8 Å². The summed E-state index contributed by atoms with van der Waals surface area (Å²) in [4.78, 5) is 28.3. The lowest BCUT2D eigenvalue weighted by Gasteiger charge is -2.35. The minimum Gasteiger partial charge on any atom is -0.367 e. The highest BCUT2D eigenvalue weighted by Crippen LogP contribution is 2.28. The van der Waals surface area contributed by atoms with Crippen LogP contribution in [0.3, 0.4) is 0 Å². The maximum absolute atomic E-state index is 12.6. The van der Waals surface area contributed by atoms with E-state index in [-0.39, 0.29) is 0 Å². The third-order valence-electron chi connectivity index (χ3n) is 6.55. The molecule has 4 rings (SSSR count). The van der Waals surface area contributed by atoms with Gasteiger partial charge in [0, 0.05) is 57.8 Å². The molecule has 1 aromatic heterocycles. The first-order valence-electron chi connectivity index (χ1n) is 11.5. The van der Waals surface area contributed by atoms with Gasteiger partial charge in [-0.15, -0.1) is 0 Å². The van der Waals surface area contributed by atoms with E-state index in [2.05, 4.69) is 43.0 Å². The normalized spacial score (nSPS) is 21.4. The Balaban J connectivity index is 1.17. The van der Waals surface area contributed by atoms with Gasteiger partial charge in [0.05, 0.1) is 0 Å². The van der Waals surface area contributed by atoms with E-state index in [1.54, 1.807) is 6.33 Å². The Hall–Kier alpha value is -1.89. The number of amides is 1. The topological polar surface area (TPSA) is 64.6 Å². The predicted octanol–water partition coefficient (Wildman–Crippen LogP) is 2.60. The minimum atomic E-state index is 0.357. The van der Waals surface area contributed by atoms with Crippen molar-refractivity contribution in [2.45, 2.75) is 57.9 Å². The maximum atomic E-state index is 12.6. The predicted molar refractivity (Wildman–Crippen MR) is 116 cm³/mol. The molecule has 1 amide bonds. The van der Waals surface area contributed by atoms with Crippen molar-refractivity contribution < 1.29 is 4.79 Å². The molecule has 1 aliphatic carbocycles. The van der Waals surface area contributed by atoms with Crippen molar-refractivity contribution in [2.75, 3.05) is 56.0 Å². The van der Waals surface area contributed by atoms with E-state index in [1.165, 1.54) is 19.3 Å². The number of hydrogen-bond acceptors (Lipinski definition) is 6. The van der Waals surface area contributed by atoms with E-state index in [4.69, 9.17) is 0 Å². The van der Waals surface area contributed by atoms with Crippen molar-refractivity contribution in [2.24, 2.45) is 5.92 Å². The summed E-state index contributed by atoms with van der Waals surface area (Å²) in [6, 6.07) is 2.69. The van der Waals surface area contributed by atoms with Gasteiger partial charge in [-0.25, -0.2) is 9.97 Å². The fourth-order valence-electron chi connectivity index (χ4n) is 4.51. The number of aromatic nitrogens is 2. The number of carbonyl (C=O) groups excluding carboxylic acids is 1. The summed E-state index contributed by atoms with van der Waals surface area (Å²) in [5, 5.41) is 3.45. The lowest BCUT2D eigenvalue weighted by atomic mass is 9.92. The molecule has 3 heterocycles. The van der Waals surface area contributed by atoms with Gasteiger partial charge >= 0.3 is 0 Å². The quantitative estimate of drug-likeness (QED) is 0.724. The molecule has 0 unspecified atom stereocenters. The molecule has 7 heteroatoms. The average molecular weight is 401 g/mol. The Morgan fingerprint density at radius 2 is 1.83 bits per heavy atom. The van der Waals surface area contributed by atoms with Gasteiger partial charge in [0.2, 0.25) is 5.91 Å². The molecule has 0 aromatic carbocycles. The van der Waals surface area contributed by atoms with Crippen LogP contribution in [-0.4, -0.2) is 77.5 Å². The Kier molecular flexibility index (Phi) is 6.85. The molecule has 0 atom stereocenters. The molecule has 2 aliphatic heterocycles. The number of rotatable bonds is 8. The lowest BCUT2D eigenvalue weighted by Crippen LogP contribution is -2.48. The van der Waals surface area contributed by atoms with Crippen LogP contribution in [0.15, 0.2) is 12.4 Å². The average Bonchev–Trinajstić information content (AvgIpc) is 3.57. The number of piperazine rings is 1.